The van der Waals surface area contributed by atoms with Crippen molar-refractivity contribution in [2.45, 2.75) is 6.92 Å². The number of nitrogens with one attached hydrogen (secondary N) is 1. The maximum Gasteiger partial charge on any atom is 0.153 e. The molecule has 144 valence electrons. The second-order valence-corrected chi connectivity index (χ2v) is 5.94. The fourth-order valence-corrected chi connectivity index (χ4v) is 2.79. The summed E-state index contributed by atoms with van der Waals surface area (Å²) in [5, 5.41) is 3.19. The van der Waals surface area contributed by atoms with E-state index in [1.54, 1.807) is 24.4 Å². The first-order valence-corrected chi connectivity index (χ1v) is 8.45. The molecule has 0 amide bonds. The average molecular weight is 383 g/mol. The van der Waals surface area contributed by atoms with Crippen molar-refractivity contribution in [2.75, 3.05) is 19.1 Å². The van der Waals surface area contributed by atoms with E-state index in [1.807, 2.05) is 6.92 Å². The highest BCUT2D eigenvalue weighted by atomic mass is 19.1. The van der Waals surface area contributed by atoms with Crippen molar-refractivity contribution in [3.8, 4) is 16.9 Å². The number of halogens is 2. The van der Waals surface area contributed by atoms with Gasteiger partial charge in [0.05, 0.1) is 19.5 Å². The van der Waals surface area contributed by atoms with Crippen LogP contribution in [0.25, 0.3) is 11.1 Å². The largest absolute Gasteiger partial charge is 0.495 e. The zero-order chi connectivity index (χ0) is 20.1. The van der Waals surface area contributed by atoms with Gasteiger partial charge < -0.3 is 15.8 Å². The minimum atomic E-state index is -0.644. The van der Waals surface area contributed by atoms with Crippen LogP contribution in [-0.2, 0) is 0 Å². The molecule has 0 saturated carbocycles. The van der Waals surface area contributed by atoms with Crippen molar-refractivity contribution in [3.05, 3.63) is 71.8 Å². The molecule has 6 nitrogen and oxygen atoms in total. The van der Waals surface area contributed by atoms with E-state index in [0.29, 0.717) is 34.1 Å². The van der Waals surface area contributed by atoms with Crippen LogP contribution >= 0.6 is 0 Å². The standard InChI is InChI=1S/C20H19F2N5O/c1-12-5-13(14-6-15(21)9-16(22)7-14)8-18(28-2)19(12)27-20(25-10-23)17-3-4-24-11-26-17/h3-9,11H,10,23H2,1-2H3,(H,25,27). The third-order valence-electron chi connectivity index (χ3n) is 4.03. The van der Waals surface area contributed by atoms with Crippen LogP contribution in [0.5, 0.6) is 5.75 Å². The van der Waals surface area contributed by atoms with Gasteiger partial charge in [-0.1, -0.05) is 0 Å². The second-order valence-electron chi connectivity index (χ2n) is 5.94. The molecule has 0 spiro atoms. The third-order valence-corrected chi connectivity index (χ3v) is 4.03. The van der Waals surface area contributed by atoms with Crippen molar-refractivity contribution in [2.24, 2.45) is 10.7 Å². The first kappa shape index (κ1) is 19.4. The highest BCUT2D eigenvalue weighted by Crippen LogP contribution is 2.35. The molecule has 28 heavy (non-hydrogen) atoms. The van der Waals surface area contributed by atoms with Gasteiger partial charge in [-0.05, 0) is 53.9 Å². The molecule has 0 saturated heterocycles. The number of hydrogen-bond donors (Lipinski definition) is 2. The van der Waals surface area contributed by atoms with E-state index in [0.717, 1.165) is 11.6 Å². The predicted molar refractivity (Wildman–Crippen MR) is 104 cm³/mol. The minimum absolute atomic E-state index is 0.0638. The minimum Gasteiger partial charge on any atom is -0.495 e. The Morgan fingerprint density at radius 3 is 2.46 bits per heavy atom. The van der Waals surface area contributed by atoms with E-state index in [4.69, 9.17) is 10.5 Å². The van der Waals surface area contributed by atoms with Crippen LogP contribution in [-0.4, -0.2) is 29.6 Å². The maximum atomic E-state index is 13.6. The molecular formula is C20H19F2N5O. The smallest absolute Gasteiger partial charge is 0.153 e. The van der Waals surface area contributed by atoms with Crippen molar-refractivity contribution in [3.63, 3.8) is 0 Å². The quantitative estimate of drug-likeness (QED) is 0.520. The topological polar surface area (TPSA) is 85.4 Å². The summed E-state index contributed by atoms with van der Waals surface area (Å²) in [6.45, 7) is 1.92. The van der Waals surface area contributed by atoms with Gasteiger partial charge in [-0.25, -0.2) is 18.7 Å². The molecular weight excluding hydrogens is 364 g/mol. The van der Waals surface area contributed by atoms with E-state index >= 15 is 0 Å². The van der Waals surface area contributed by atoms with E-state index < -0.39 is 11.6 Å². The lowest BCUT2D eigenvalue weighted by Gasteiger charge is -2.17. The predicted octanol–water partition coefficient (Wildman–Crippen LogP) is 3.51. The third kappa shape index (κ3) is 4.29. The van der Waals surface area contributed by atoms with Crippen LogP contribution in [0, 0.1) is 18.6 Å². The number of rotatable bonds is 5. The summed E-state index contributed by atoms with van der Waals surface area (Å²) in [7, 11) is 1.51. The number of nitrogens with two attached hydrogens (primary N) is 1. The number of aromatic nitrogens is 2. The fourth-order valence-electron chi connectivity index (χ4n) is 2.79. The van der Waals surface area contributed by atoms with Gasteiger partial charge in [-0.15, -0.1) is 0 Å². The highest BCUT2D eigenvalue weighted by Gasteiger charge is 2.15. The molecule has 2 aromatic carbocycles. The molecule has 8 heteroatoms. The summed E-state index contributed by atoms with van der Waals surface area (Å²) >= 11 is 0. The zero-order valence-corrected chi connectivity index (χ0v) is 15.4. The Hall–Kier alpha value is -3.39. The molecule has 0 aliphatic carbocycles. The van der Waals surface area contributed by atoms with Crippen molar-refractivity contribution in [1.82, 2.24) is 9.97 Å². The van der Waals surface area contributed by atoms with Gasteiger partial charge in [-0.2, -0.15) is 0 Å². The molecule has 0 aliphatic heterocycles. The normalized spacial score (nSPS) is 11.4. The zero-order valence-electron chi connectivity index (χ0n) is 15.4. The van der Waals surface area contributed by atoms with E-state index in [2.05, 4.69) is 20.3 Å². The van der Waals surface area contributed by atoms with Crippen LogP contribution in [0.1, 0.15) is 11.3 Å². The Kier molecular flexibility index (Phi) is 5.90. The Balaban J connectivity index is 2.03. The molecule has 3 aromatic rings. The Bertz CT molecular complexity index is 989. The molecule has 0 bridgehead atoms. The summed E-state index contributed by atoms with van der Waals surface area (Å²) in [6.07, 6.45) is 3.01. The summed E-state index contributed by atoms with van der Waals surface area (Å²) in [4.78, 5) is 12.3. The Morgan fingerprint density at radius 2 is 1.86 bits per heavy atom. The summed E-state index contributed by atoms with van der Waals surface area (Å²) in [5.41, 5.74) is 8.63. The maximum absolute atomic E-state index is 13.6. The number of anilines is 1. The van der Waals surface area contributed by atoms with Crippen molar-refractivity contribution >= 4 is 11.5 Å². The molecule has 0 aliphatic rings. The molecule has 1 heterocycles. The van der Waals surface area contributed by atoms with Crippen LogP contribution < -0.4 is 15.8 Å². The van der Waals surface area contributed by atoms with E-state index in [9.17, 15) is 8.78 Å². The van der Waals surface area contributed by atoms with Crippen LogP contribution in [0.4, 0.5) is 14.5 Å². The number of ether oxygens (including phenoxy) is 1. The molecule has 3 N–H and O–H groups in total. The van der Waals surface area contributed by atoms with Gasteiger partial charge in [0, 0.05) is 12.3 Å². The van der Waals surface area contributed by atoms with Gasteiger partial charge in [0.25, 0.3) is 0 Å². The number of methoxy groups -OCH3 is 1. The van der Waals surface area contributed by atoms with Gasteiger partial charge in [0.15, 0.2) is 5.84 Å². The van der Waals surface area contributed by atoms with Gasteiger partial charge >= 0.3 is 0 Å². The molecule has 3 rings (SSSR count). The average Bonchev–Trinajstić information content (AvgIpc) is 2.68. The van der Waals surface area contributed by atoms with Gasteiger partial charge in [0.1, 0.15) is 29.4 Å². The molecule has 0 unspecified atom stereocenters. The van der Waals surface area contributed by atoms with Gasteiger partial charge in [-0.3, -0.25) is 4.99 Å². The van der Waals surface area contributed by atoms with Crippen LogP contribution in [0.3, 0.4) is 0 Å². The highest BCUT2D eigenvalue weighted by molar-refractivity contribution is 6.08. The lowest BCUT2D eigenvalue weighted by molar-refractivity contribution is 0.417. The fraction of sp³-hybridized carbons (Fsp3) is 0.150. The van der Waals surface area contributed by atoms with Crippen molar-refractivity contribution < 1.29 is 13.5 Å². The Morgan fingerprint density at radius 1 is 1.14 bits per heavy atom. The Labute approximate surface area is 161 Å². The second kappa shape index (κ2) is 8.53. The summed E-state index contributed by atoms with van der Waals surface area (Å²) < 4.78 is 32.7. The lowest BCUT2D eigenvalue weighted by atomic mass is 10.0. The van der Waals surface area contributed by atoms with E-state index in [-0.39, 0.29) is 6.67 Å². The molecule has 0 fully saturated rings. The van der Waals surface area contributed by atoms with Crippen LogP contribution in [0.15, 0.2) is 53.9 Å². The monoisotopic (exact) mass is 383 g/mol. The summed E-state index contributed by atoms with van der Waals surface area (Å²) in [5.74, 6) is -0.348. The number of benzene rings is 2. The SMILES string of the molecule is COc1cc(-c2cc(F)cc(F)c2)cc(C)c1NC(=NCN)c1ccncn1. The number of amidine groups is 1. The molecule has 1 aromatic heterocycles. The first-order chi connectivity index (χ1) is 13.5. The van der Waals surface area contributed by atoms with Crippen LogP contribution in [0.2, 0.25) is 0 Å². The number of nitrogens with zero attached hydrogens (tertiary/aromatic N) is 3. The lowest BCUT2D eigenvalue weighted by Crippen LogP contribution is -2.18. The number of aryl methyl sites for hydroxylation is 1. The van der Waals surface area contributed by atoms with Crippen molar-refractivity contribution in [1.29, 1.82) is 0 Å². The summed E-state index contributed by atoms with van der Waals surface area (Å²) in [6, 6.07) is 8.58. The first-order valence-electron chi connectivity index (χ1n) is 8.45. The van der Waals surface area contributed by atoms with Gasteiger partial charge in [0.2, 0.25) is 0 Å². The number of hydrogen-bond acceptors (Lipinski definition) is 5. The molecule has 0 atom stereocenters. The van der Waals surface area contributed by atoms with E-state index in [1.165, 1.54) is 25.6 Å². The number of aliphatic imine (C=N–C) groups is 1. The molecule has 0 radical (unpaired) electrons.